The summed E-state index contributed by atoms with van der Waals surface area (Å²) in [5.41, 5.74) is 0.393. The highest BCUT2D eigenvalue weighted by molar-refractivity contribution is 5.93. The molecular formula is C13H18FN3O. The highest BCUT2D eigenvalue weighted by atomic mass is 19.1. The molecule has 18 heavy (non-hydrogen) atoms. The molecule has 1 atom stereocenters. The van der Waals surface area contributed by atoms with Gasteiger partial charge < -0.3 is 10.2 Å². The lowest BCUT2D eigenvalue weighted by Gasteiger charge is -2.21. The van der Waals surface area contributed by atoms with Gasteiger partial charge in [0.15, 0.2) is 0 Å². The van der Waals surface area contributed by atoms with Crippen molar-refractivity contribution in [3.05, 3.63) is 29.8 Å². The monoisotopic (exact) mass is 251 g/mol. The fourth-order valence-corrected chi connectivity index (χ4v) is 2.22. The van der Waals surface area contributed by atoms with E-state index in [9.17, 15) is 9.18 Å². The Morgan fingerprint density at radius 3 is 2.83 bits per heavy atom. The summed E-state index contributed by atoms with van der Waals surface area (Å²) >= 11 is 0. The molecule has 1 aromatic rings. The van der Waals surface area contributed by atoms with Gasteiger partial charge in [0.05, 0.1) is 5.56 Å². The first-order chi connectivity index (χ1) is 8.65. The fourth-order valence-electron chi connectivity index (χ4n) is 2.22. The van der Waals surface area contributed by atoms with E-state index < -0.39 is 5.95 Å². The number of aromatic nitrogens is 1. The van der Waals surface area contributed by atoms with Crippen molar-refractivity contribution in [1.82, 2.24) is 15.2 Å². The molecule has 1 amide bonds. The van der Waals surface area contributed by atoms with Crippen LogP contribution in [0.5, 0.6) is 0 Å². The molecule has 2 heterocycles. The average Bonchev–Trinajstić information content (AvgIpc) is 2.82. The number of carbonyl (C=O) groups is 1. The van der Waals surface area contributed by atoms with Gasteiger partial charge in [-0.15, -0.1) is 0 Å². The van der Waals surface area contributed by atoms with Crippen molar-refractivity contribution in [3.8, 4) is 0 Å². The molecule has 0 aromatic carbocycles. The summed E-state index contributed by atoms with van der Waals surface area (Å²) in [6, 6.07) is 2.72. The Morgan fingerprint density at radius 1 is 1.50 bits per heavy atom. The summed E-state index contributed by atoms with van der Waals surface area (Å²) in [6.07, 6.45) is 3.73. The molecule has 98 valence electrons. The number of likely N-dealkylation sites (tertiary alicyclic amines) is 1. The van der Waals surface area contributed by atoms with Crippen molar-refractivity contribution in [3.63, 3.8) is 0 Å². The minimum Gasteiger partial charge on any atom is -0.348 e. The van der Waals surface area contributed by atoms with Crippen LogP contribution in [-0.4, -0.2) is 41.5 Å². The van der Waals surface area contributed by atoms with Crippen LogP contribution in [0.2, 0.25) is 0 Å². The number of nitrogens with one attached hydrogen (secondary N) is 1. The van der Waals surface area contributed by atoms with Crippen LogP contribution >= 0.6 is 0 Å². The van der Waals surface area contributed by atoms with Gasteiger partial charge in [0, 0.05) is 18.8 Å². The van der Waals surface area contributed by atoms with Crippen molar-refractivity contribution in [2.45, 2.75) is 25.8 Å². The first kappa shape index (κ1) is 13.0. The number of halogens is 1. The molecular weight excluding hydrogens is 233 g/mol. The number of carbonyl (C=O) groups excluding carboxylic acids is 1. The van der Waals surface area contributed by atoms with E-state index >= 15 is 0 Å². The molecule has 2 rings (SSSR count). The van der Waals surface area contributed by atoms with Gasteiger partial charge in [0.25, 0.3) is 5.91 Å². The molecule has 0 aliphatic carbocycles. The van der Waals surface area contributed by atoms with Crippen LogP contribution < -0.4 is 5.32 Å². The van der Waals surface area contributed by atoms with Gasteiger partial charge in [0.2, 0.25) is 5.95 Å². The van der Waals surface area contributed by atoms with E-state index in [1.807, 2.05) is 6.92 Å². The number of nitrogens with zero attached hydrogens (tertiary/aromatic N) is 2. The summed E-state index contributed by atoms with van der Waals surface area (Å²) in [5.74, 6) is -0.772. The number of rotatable bonds is 4. The number of pyridine rings is 1. The predicted molar refractivity (Wildman–Crippen MR) is 66.8 cm³/mol. The minimum absolute atomic E-state index is 0.0839. The first-order valence-corrected chi connectivity index (χ1v) is 6.30. The van der Waals surface area contributed by atoms with Gasteiger partial charge >= 0.3 is 0 Å². The zero-order valence-electron chi connectivity index (χ0n) is 10.5. The van der Waals surface area contributed by atoms with E-state index in [-0.39, 0.29) is 11.9 Å². The molecule has 5 heteroatoms. The van der Waals surface area contributed by atoms with Crippen molar-refractivity contribution < 1.29 is 9.18 Å². The first-order valence-electron chi connectivity index (χ1n) is 6.30. The van der Waals surface area contributed by atoms with Crippen LogP contribution in [0.4, 0.5) is 4.39 Å². The Bertz CT molecular complexity index is 401. The lowest BCUT2D eigenvalue weighted by Crippen LogP contribution is -2.41. The number of amides is 1. The van der Waals surface area contributed by atoms with Gasteiger partial charge in [-0.1, -0.05) is 0 Å². The van der Waals surface area contributed by atoms with Crippen molar-refractivity contribution in [2.24, 2.45) is 0 Å². The second-order valence-electron chi connectivity index (χ2n) is 4.75. The lowest BCUT2D eigenvalue weighted by atomic mass is 10.2. The smallest absolute Gasteiger partial charge is 0.253 e. The van der Waals surface area contributed by atoms with Crippen LogP contribution in [0.15, 0.2) is 18.3 Å². The molecule has 1 aromatic heterocycles. The normalized spacial score (nSPS) is 17.7. The Hall–Kier alpha value is -1.49. The largest absolute Gasteiger partial charge is 0.348 e. The van der Waals surface area contributed by atoms with Crippen LogP contribution in [-0.2, 0) is 0 Å². The maximum Gasteiger partial charge on any atom is 0.253 e. The van der Waals surface area contributed by atoms with Crippen LogP contribution in [0, 0.1) is 5.95 Å². The highest BCUT2D eigenvalue weighted by Crippen LogP contribution is 2.08. The second kappa shape index (κ2) is 5.91. The quantitative estimate of drug-likeness (QED) is 0.823. The molecule has 4 nitrogen and oxygen atoms in total. The highest BCUT2D eigenvalue weighted by Gasteiger charge is 2.16. The third kappa shape index (κ3) is 3.50. The Labute approximate surface area is 106 Å². The van der Waals surface area contributed by atoms with Gasteiger partial charge in [-0.05, 0) is 45.0 Å². The summed E-state index contributed by atoms with van der Waals surface area (Å²) < 4.78 is 12.6. The Balaban J connectivity index is 1.84. The molecule has 1 aliphatic rings. The molecule has 1 unspecified atom stereocenters. The van der Waals surface area contributed by atoms with Crippen molar-refractivity contribution >= 4 is 5.91 Å². The van der Waals surface area contributed by atoms with E-state index in [1.54, 1.807) is 0 Å². The molecule has 0 radical (unpaired) electrons. The minimum atomic E-state index is -0.573. The zero-order valence-corrected chi connectivity index (χ0v) is 10.5. The topological polar surface area (TPSA) is 45.2 Å². The van der Waals surface area contributed by atoms with Gasteiger partial charge in [0.1, 0.15) is 0 Å². The second-order valence-corrected chi connectivity index (χ2v) is 4.75. The maximum atomic E-state index is 12.6. The van der Waals surface area contributed by atoms with Crippen LogP contribution in [0.3, 0.4) is 0 Å². The summed E-state index contributed by atoms with van der Waals surface area (Å²) in [7, 11) is 0. The molecule has 0 saturated carbocycles. The Morgan fingerprint density at radius 2 is 2.22 bits per heavy atom. The van der Waals surface area contributed by atoms with E-state index in [1.165, 1.54) is 31.2 Å². The van der Waals surface area contributed by atoms with E-state index in [4.69, 9.17) is 0 Å². The fraction of sp³-hybridized carbons (Fsp3) is 0.538. The Kier molecular flexibility index (Phi) is 4.25. The lowest BCUT2D eigenvalue weighted by molar-refractivity contribution is 0.0931. The van der Waals surface area contributed by atoms with E-state index in [2.05, 4.69) is 15.2 Å². The molecule has 1 saturated heterocycles. The molecule has 1 aliphatic heterocycles. The third-order valence-corrected chi connectivity index (χ3v) is 3.10. The van der Waals surface area contributed by atoms with Crippen LogP contribution in [0.1, 0.15) is 30.1 Å². The summed E-state index contributed by atoms with van der Waals surface area (Å²) in [6.45, 7) is 5.06. The van der Waals surface area contributed by atoms with Gasteiger partial charge in [-0.3, -0.25) is 4.79 Å². The zero-order chi connectivity index (χ0) is 13.0. The standard InChI is InChI=1S/C13H18FN3O/c1-10(9-17-6-2-3-7-17)16-13(18)11-4-5-12(14)15-8-11/h4-5,8,10H,2-3,6-7,9H2,1H3,(H,16,18). The number of hydrogen-bond donors (Lipinski definition) is 1. The summed E-state index contributed by atoms with van der Waals surface area (Å²) in [4.78, 5) is 17.7. The van der Waals surface area contributed by atoms with Gasteiger partial charge in [-0.25, -0.2) is 4.98 Å². The van der Waals surface area contributed by atoms with Crippen molar-refractivity contribution in [2.75, 3.05) is 19.6 Å². The third-order valence-electron chi connectivity index (χ3n) is 3.10. The molecule has 1 fully saturated rings. The average molecular weight is 251 g/mol. The molecule has 0 spiro atoms. The van der Waals surface area contributed by atoms with Crippen LogP contribution in [0.25, 0.3) is 0 Å². The van der Waals surface area contributed by atoms with E-state index in [0.717, 1.165) is 19.6 Å². The summed E-state index contributed by atoms with van der Waals surface area (Å²) in [5, 5.41) is 2.90. The maximum absolute atomic E-state index is 12.6. The van der Waals surface area contributed by atoms with Gasteiger partial charge in [-0.2, -0.15) is 4.39 Å². The predicted octanol–water partition coefficient (Wildman–Crippen LogP) is 1.43. The molecule has 1 N–H and O–H groups in total. The number of hydrogen-bond acceptors (Lipinski definition) is 3. The SMILES string of the molecule is CC(CN1CCCC1)NC(=O)c1ccc(F)nc1. The van der Waals surface area contributed by atoms with Crippen molar-refractivity contribution in [1.29, 1.82) is 0 Å². The molecule has 0 bridgehead atoms. The van der Waals surface area contributed by atoms with E-state index in [0.29, 0.717) is 5.56 Å².